The number of carbonyl (C=O) groups is 1. The second kappa shape index (κ2) is 8.12. The number of rotatable bonds is 6. The molecule has 1 atom stereocenters. The first-order chi connectivity index (χ1) is 14.3. The van der Waals surface area contributed by atoms with E-state index in [1.54, 1.807) is 12.1 Å². The Bertz CT molecular complexity index is 1070. The maximum absolute atomic E-state index is 14.4. The quantitative estimate of drug-likeness (QED) is 0.463. The lowest BCUT2D eigenvalue weighted by Crippen LogP contribution is -2.52. The van der Waals surface area contributed by atoms with Crippen LogP contribution in [-0.2, 0) is 11.2 Å². The van der Waals surface area contributed by atoms with E-state index in [0.717, 1.165) is 24.5 Å². The van der Waals surface area contributed by atoms with Gasteiger partial charge in [-0.2, -0.15) is 0 Å². The number of nitrogens with one attached hydrogen (secondary N) is 3. The monoisotopic (exact) mass is 417 g/mol. The van der Waals surface area contributed by atoms with E-state index in [0.29, 0.717) is 23.1 Å². The molecule has 5 nitrogen and oxygen atoms in total. The highest BCUT2D eigenvalue weighted by atomic mass is 19.1. The fraction of sp³-hybridized carbons (Fsp3) is 0.318. The van der Waals surface area contributed by atoms with Crippen molar-refractivity contribution >= 4 is 16.8 Å². The number of aromatic amines is 1. The molecule has 1 aliphatic carbocycles. The molecule has 0 spiro atoms. The topological polar surface area (TPSA) is 77.2 Å². The molecule has 8 heteroatoms. The number of amides is 1. The zero-order chi connectivity index (χ0) is 21.4. The van der Waals surface area contributed by atoms with E-state index in [9.17, 15) is 23.1 Å². The van der Waals surface area contributed by atoms with Crippen LogP contribution in [0.4, 0.5) is 13.2 Å². The molecule has 1 aliphatic rings. The summed E-state index contributed by atoms with van der Waals surface area (Å²) in [5.41, 5.74) is 7.71. The normalized spacial score (nSPS) is 19.5. The van der Waals surface area contributed by atoms with Gasteiger partial charge < -0.3 is 10.1 Å². The van der Waals surface area contributed by atoms with Crippen LogP contribution >= 0.6 is 0 Å². The van der Waals surface area contributed by atoms with Crippen LogP contribution in [-0.4, -0.2) is 28.1 Å². The Labute approximate surface area is 171 Å². The first-order valence-corrected chi connectivity index (χ1v) is 9.80. The largest absolute Gasteiger partial charge is 0.384 e. The van der Waals surface area contributed by atoms with Gasteiger partial charge in [-0.3, -0.25) is 10.2 Å². The second-order valence-corrected chi connectivity index (χ2v) is 7.84. The number of benzene rings is 2. The van der Waals surface area contributed by atoms with Gasteiger partial charge in [0.2, 0.25) is 0 Å². The lowest BCUT2D eigenvalue weighted by Gasteiger charge is -2.36. The van der Waals surface area contributed by atoms with Crippen molar-refractivity contribution in [3.8, 4) is 11.3 Å². The third-order valence-corrected chi connectivity index (χ3v) is 5.57. The summed E-state index contributed by atoms with van der Waals surface area (Å²) in [6, 6.07) is 8.08. The molecule has 0 radical (unpaired) electrons. The van der Waals surface area contributed by atoms with Gasteiger partial charge in [-0.1, -0.05) is 0 Å². The minimum absolute atomic E-state index is 0.0608. The van der Waals surface area contributed by atoms with Gasteiger partial charge >= 0.3 is 0 Å². The molecule has 0 saturated heterocycles. The summed E-state index contributed by atoms with van der Waals surface area (Å²) in [4.78, 5) is 14.5. The molecule has 1 saturated carbocycles. The van der Waals surface area contributed by atoms with Gasteiger partial charge in [-0.25, -0.2) is 18.6 Å². The Kier molecular flexibility index (Phi) is 5.53. The Balaban J connectivity index is 1.56. The first kappa shape index (κ1) is 20.4. The summed E-state index contributed by atoms with van der Waals surface area (Å²) >= 11 is 0. The van der Waals surface area contributed by atoms with Gasteiger partial charge in [0.25, 0.3) is 5.91 Å². The van der Waals surface area contributed by atoms with Crippen molar-refractivity contribution in [1.29, 1.82) is 0 Å². The van der Waals surface area contributed by atoms with Crippen LogP contribution in [0.5, 0.6) is 0 Å². The predicted octanol–water partition coefficient (Wildman–Crippen LogP) is 3.57. The number of fused-ring (bicyclic) bond motifs is 1. The highest BCUT2D eigenvalue weighted by Crippen LogP contribution is 2.38. The number of hydrogen-bond acceptors (Lipinski definition) is 3. The van der Waals surface area contributed by atoms with Gasteiger partial charge in [0.1, 0.15) is 23.6 Å². The number of aliphatic hydroxyl groups is 1. The van der Waals surface area contributed by atoms with Gasteiger partial charge in [-0.05, 0) is 73.6 Å². The molecule has 3 aromatic rings. The van der Waals surface area contributed by atoms with Crippen molar-refractivity contribution in [2.24, 2.45) is 5.92 Å². The van der Waals surface area contributed by atoms with Crippen LogP contribution in [0, 0.1) is 23.4 Å². The van der Waals surface area contributed by atoms with E-state index < -0.39 is 23.6 Å². The van der Waals surface area contributed by atoms with Crippen molar-refractivity contribution in [1.82, 2.24) is 15.8 Å². The van der Waals surface area contributed by atoms with E-state index in [2.05, 4.69) is 15.8 Å². The lowest BCUT2D eigenvalue weighted by atomic mass is 9.76. The highest BCUT2D eigenvalue weighted by molar-refractivity contribution is 5.91. The summed E-state index contributed by atoms with van der Waals surface area (Å²) < 4.78 is 41.6. The molecule has 1 aromatic heterocycles. The van der Waals surface area contributed by atoms with E-state index in [-0.39, 0.29) is 23.3 Å². The maximum atomic E-state index is 14.4. The molecule has 0 bridgehead atoms. The number of aromatic nitrogens is 1. The molecule has 4 rings (SSSR count). The van der Waals surface area contributed by atoms with E-state index in [4.69, 9.17) is 0 Å². The summed E-state index contributed by atoms with van der Waals surface area (Å²) in [5.74, 6) is -1.95. The zero-order valence-corrected chi connectivity index (χ0v) is 16.3. The molecule has 1 amide bonds. The first-order valence-electron chi connectivity index (χ1n) is 9.80. The number of halogens is 3. The van der Waals surface area contributed by atoms with Gasteiger partial charge in [0.15, 0.2) is 0 Å². The second-order valence-electron chi connectivity index (χ2n) is 7.84. The minimum Gasteiger partial charge on any atom is -0.384 e. The predicted molar refractivity (Wildman–Crippen MR) is 107 cm³/mol. The fourth-order valence-corrected chi connectivity index (χ4v) is 3.94. The molecule has 158 valence electrons. The van der Waals surface area contributed by atoms with Crippen LogP contribution in [0.15, 0.2) is 36.4 Å². The molecule has 0 unspecified atom stereocenters. The average Bonchev–Trinajstić information content (AvgIpc) is 3.02. The van der Waals surface area contributed by atoms with E-state index >= 15 is 0 Å². The van der Waals surface area contributed by atoms with Crippen molar-refractivity contribution < 1.29 is 23.1 Å². The van der Waals surface area contributed by atoms with Crippen LogP contribution < -0.4 is 10.9 Å². The average molecular weight is 417 g/mol. The van der Waals surface area contributed by atoms with Crippen molar-refractivity contribution in [2.75, 3.05) is 0 Å². The molecule has 0 aliphatic heterocycles. The van der Waals surface area contributed by atoms with E-state index in [1.807, 2.05) is 0 Å². The number of H-pyrrole nitrogens is 1. The Hall–Kier alpha value is -2.84. The number of hydrazine groups is 1. The molecule has 1 heterocycles. The lowest BCUT2D eigenvalue weighted by molar-refractivity contribution is -0.130. The molecular weight excluding hydrogens is 395 g/mol. The summed E-state index contributed by atoms with van der Waals surface area (Å²) in [6.45, 7) is 1.38. The summed E-state index contributed by atoms with van der Waals surface area (Å²) in [6.07, 6.45) is 1.00. The highest BCUT2D eigenvalue weighted by Gasteiger charge is 2.31. The maximum Gasteiger partial charge on any atom is 0.262 e. The molecule has 4 N–H and O–H groups in total. The zero-order valence-electron chi connectivity index (χ0n) is 16.3. The Morgan fingerprint density at radius 3 is 2.53 bits per heavy atom. The smallest absolute Gasteiger partial charge is 0.262 e. The molecule has 30 heavy (non-hydrogen) atoms. The van der Waals surface area contributed by atoms with Gasteiger partial charge in [0.05, 0.1) is 5.52 Å². The van der Waals surface area contributed by atoms with Gasteiger partial charge in [-0.15, -0.1) is 0 Å². The summed E-state index contributed by atoms with van der Waals surface area (Å²) in [5, 5.41) is 9.69. The Morgan fingerprint density at radius 2 is 1.87 bits per heavy atom. The van der Waals surface area contributed by atoms with Crippen molar-refractivity contribution in [3.63, 3.8) is 0 Å². The third-order valence-electron chi connectivity index (χ3n) is 5.57. The minimum atomic E-state index is -1.09. The van der Waals surface area contributed by atoms with Crippen LogP contribution in [0.2, 0.25) is 0 Å². The number of carbonyl (C=O) groups excluding carboxylic acids is 1. The van der Waals surface area contributed by atoms with E-state index in [1.165, 1.54) is 25.1 Å². The van der Waals surface area contributed by atoms with Crippen LogP contribution in [0.1, 0.15) is 25.3 Å². The van der Waals surface area contributed by atoms with Crippen LogP contribution in [0.3, 0.4) is 0 Å². The van der Waals surface area contributed by atoms with Crippen molar-refractivity contribution in [3.05, 3.63) is 59.4 Å². The number of hydrogen-bond donors (Lipinski definition) is 4. The fourth-order valence-electron chi connectivity index (χ4n) is 3.94. The van der Waals surface area contributed by atoms with Crippen molar-refractivity contribution in [2.45, 2.75) is 38.3 Å². The molecule has 1 fully saturated rings. The van der Waals surface area contributed by atoms with Gasteiger partial charge in [0, 0.05) is 23.2 Å². The third kappa shape index (κ3) is 4.06. The number of aliphatic hydroxyl groups excluding tert-OH is 1. The molecular formula is C22H22F3N3O2. The van der Waals surface area contributed by atoms with Crippen LogP contribution in [0.25, 0.3) is 22.2 Å². The Morgan fingerprint density at radius 1 is 1.17 bits per heavy atom. The standard InChI is InChI=1S/C22H22F3N3O2/c1-11(29)22(30)28-27-16-6-12(7-16)8-17-18-9-15(24)10-19(25)21(18)26-20(17)13-2-4-14(23)5-3-13/h2-5,9-12,16,26-27,29H,6-8H2,1H3,(H,28,30)/t11-,12?,16?/m0/s1. The summed E-state index contributed by atoms with van der Waals surface area (Å²) in [7, 11) is 0. The molecule has 2 aromatic carbocycles. The SMILES string of the molecule is C[C@H](O)C(=O)NNC1CC(Cc2c(-c3ccc(F)cc3)[nH]c3c(F)cc(F)cc23)C1.